The number of urea groups is 1. The largest absolute Gasteiger partial charge is 0.454 e. The molecule has 4 rings (SSSR count). The maximum atomic E-state index is 12.4. The van der Waals surface area contributed by atoms with Crippen LogP contribution in [-0.4, -0.2) is 55.3 Å². The fourth-order valence-corrected chi connectivity index (χ4v) is 3.38. The van der Waals surface area contributed by atoms with Gasteiger partial charge in [0.1, 0.15) is 0 Å². The molecule has 0 radical (unpaired) electrons. The molecule has 1 fully saturated rings. The van der Waals surface area contributed by atoms with Crippen LogP contribution in [0.3, 0.4) is 0 Å². The van der Waals surface area contributed by atoms with Crippen molar-refractivity contribution in [1.82, 2.24) is 15.1 Å². The summed E-state index contributed by atoms with van der Waals surface area (Å²) >= 11 is 0. The number of amides is 2. The number of hydrogen-bond donors (Lipinski definition) is 1. The Kier molecular flexibility index (Phi) is 5.77. The Hall–Kier alpha value is -2.99. The molecule has 0 atom stereocenters. The number of benzene rings is 2. The van der Waals surface area contributed by atoms with E-state index in [1.807, 2.05) is 41.3 Å². The number of carbonyl (C=O) groups excluding carboxylic acids is 1. The van der Waals surface area contributed by atoms with E-state index in [-0.39, 0.29) is 12.8 Å². The minimum atomic E-state index is -0.0165. The summed E-state index contributed by atoms with van der Waals surface area (Å²) in [4.78, 5) is 16.7. The molecule has 6 nitrogen and oxygen atoms in total. The maximum Gasteiger partial charge on any atom is 0.317 e. The zero-order valence-electron chi connectivity index (χ0n) is 15.8. The summed E-state index contributed by atoms with van der Waals surface area (Å²) in [5, 5.41) is 3.00. The summed E-state index contributed by atoms with van der Waals surface area (Å²) in [6.07, 6.45) is 4.33. The first-order valence-electron chi connectivity index (χ1n) is 9.63. The second-order valence-electron chi connectivity index (χ2n) is 6.95. The van der Waals surface area contributed by atoms with Crippen LogP contribution in [-0.2, 0) is 6.54 Å². The van der Waals surface area contributed by atoms with Crippen LogP contribution in [0.4, 0.5) is 4.79 Å². The number of ether oxygens (including phenoxy) is 2. The Balaban J connectivity index is 1.19. The molecule has 0 spiro atoms. The number of piperazine rings is 1. The average Bonchev–Trinajstić information content (AvgIpc) is 3.21. The van der Waals surface area contributed by atoms with Gasteiger partial charge in [-0.05, 0) is 23.3 Å². The van der Waals surface area contributed by atoms with Crippen molar-refractivity contribution in [3.8, 4) is 11.5 Å². The van der Waals surface area contributed by atoms with Gasteiger partial charge in [-0.15, -0.1) is 0 Å². The summed E-state index contributed by atoms with van der Waals surface area (Å²) in [5.74, 6) is 1.50. The minimum absolute atomic E-state index is 0.0165. The molecule has 28 heavy (non-hydrogen) atoms. The Bertz CT molecular complexity index is 830. The van der Waals surface area contributed by atoms with Crippen LogP contribution in [0, 0.1) is 0 Å². The van der Waals surface area contributed by atoms with Gasteiger partial charge in [0.05, 0.1) is 0 Å². The second-order valence-corrected chi connectivity index (χ2v) is 6.95. The van der Waals surface area contributed by atoms with E-state index in [1.165, 1.54) is 5.56 Å². The molecule has 0 bridgehead atoms. The van der Waals surface area contributed by atoms with Crippen LogP contribution in [0.5, 0.6) is 11.5 Å². The number of nitrogens with zero attached hydrogens (tertiary/aromatic N) is 2. The molecule has 0 saturated carbocycles. The van der Waals surface area contributed by atoms with Crippen LogP contribution >= 0.6 is 0 Å². The standard InChI is InChI=1S/C22H25N3O3/c26-22(23-16-19-8-9-20-21(15-19)28-17-27-20)25-13-11-24(12-14-25)10-4-7-18-5-2-1-3-6-18/h1-9,15H,10-14,16-17H2,(H,23,26)/b7-4+. The van der Waals surface area contributed by atoms with E-state index in [0.717, 1.165) is 49.8 Å². The molecular formula is C22H25N3O3. The van der Waals surface area contributed by atoms with Crippen molar-refractivity contribution in [3.63, 3.8) is 0 Å². The molecule has 6 heteroatoms. The lowest BCUT2D eigenvalue weighted by Gasteiger charge is -2.34. The molecule has 2 aliphatic rings. The van der Waals surface area contributed by atoms with Crippen molar-refractivity contribution in [2.75, 3.05) is 39.5 Å². The van der Waals surface area contributed by atoms with Crippen LogP contribution < -0.4 is 14.8 Å². The first-order valence-corrected chi connectivity index (χ1v) is 9.63. The Morgan fingerprint density at radius 2 is 1.79 bits per heavy atom. The molecule has 1 N–H and O–H groups in total. The lowest BCUT2D eigenvalue weighted by Crippen LogP contribution is -2.51. The van der Waals surface area contributed by atoms with Gasteiger partial charge in [-0.3, -0.25) is 4.90 Å². The Labute approximate surface area is 165 Å². The van der Waals surface area contributed by atoms with Gasteiger partial charge in [0.2, 0.25) is 6.79 Å². The van der Waals surface area contributed by atoms with Crippen molar-refractivity contribution < 1.29 is 14.3 Å². The molecule has 0 unspecified atom stereocenters. The fraction of sp³-hybridized carbons (Fsp3) is 0.318. The van der Waals surface area contributed by atoms with Crippen molar-refractivity contribution in [2.45, 2.75) is 6.54 Å². The smallest absolute Gasteiger partial charge is 0.317 e. The minimum Gasteiger partial charge on any atom is -0.454 e. The van der Waals surface area contributed by atoms with Crippen molar-refractivity contribution >= 4 is 12.1 Å². The zero-order chi connectivity index (χ0) is 19.2. The first-order chi connectivity index (χ1) is 13.8. The van der Waals surface area contributed by atoms with Gasteiger partial charge in [-0.25, -0.2) is 4.79 Å². The summed E-state index contributed by atoms with van der Waals surface area (Å²) in [6, 6.07) is 16.0. The highest BCUT2D eigenvalue weighted by Crippen LogP contribution is 2.32. The normalized spacial score (nSPS) is 16.5. The highest BCUT2D eigenvalue weighted by atomic mass is 16.7. The molecule has 0 aromatic heterocycles. The van der Waals surface area contributed by atoms with Gasteiger partial charge in [-0.2, -0.15) is 0 Å². The van der Waals surface area contributed by atoms with Crippen molar-refractivity contribution in [2.24, 2.45) is 0 Å². The SMILES string of the molecule is O=C(NCc1ccc2c(c1)OCO2)N1CCN(C/C=C/c2ccccc2)CC1. The van der Waals surface area contributed by atoms with Crippen LogP contribution in [0.1, 0.15) is 11.1 Å². The first kappa shape index (κ1) is 18.4. The third-order valence-corrected chi connectivity index (χ3v) is 5.01. The van der Waals surface area contributed by atoms with Crippen molar-refractivity contribution in [3.05, 3.63) is 65.7 Å². The van der Waals surface area contributed by atoms with E-state index in [9.17, 15) is 4.79 Å². The molecule has 0 aliphatic carbocycles. The van der Waals surface area contributed by atoms with E-state index < -0.39 is 0 Å². The van der Waals surface area contributed by atoms with E-state index in [0.29, 0.717) is 6.54 Å². The molecule has 2 amide bonds. The number of fused-ring (bicyclic) bond motifs is 1. The molecule has 1 saturated heterocycles. The predicted octanol–water partition coefficient (Wildman–Crippen LogP) is 2.96. The predicted molar refractivity (Wildman–Crippen MR) is 108 cm³/mol. The van der Waals surface area contributed by atoms with Gasteiger partial charge in [0.15, 0.2) is 11.5 Å². The highest BCUT2D eigenvalue weighted by Gasteiger charge is 2.20. The third kappa shape index (κ3) is 4.64. The van der Waals surface area contributed by atoms with E-state index in [2.05, 4.69) is 34.5 Å². The van der Waals surface area contributed by atoms with E-state index >= 15 is 0 Å². The molecular weight excluding hydrogens is 354 g/mol. The van der Waals surface area contributed by atoms with Gasteiger partial charge >= 0.3 is 6.03 Å². The lowest BCUT2D eigenvalue weighted by molar-refractivity contribution is 0.146. The summed E-state index contributed by atoms with van der Waals surface area (Å²) in [6.45, 7) is 4.90. The molecule has 2 heterocycles. The topological polar surface area (TPSA) is 54.0 Å². The molecule has 146 valence electrons. The summed E-state index contributed by atoms with van der Waals surface area (Å²) in [5.41, 5.74) is 2.21. The number of nitrogens with one attached hydrogen (secondary N) is 1. The van der Waals surface area contributed by atoms with Gasteiger partial charge < -0.3 is 19.7 Å². The van der Waals surface area contributed by atoms with Crippen molar-refractivity contribution in [1.29, 1.82) is 0 Å². The molecule has 2 aromatic carbocycles. The Morgan fingerprint density at radius 3 is 2.61 bits per heavy atom. The van der Waals surface area contributed by atoms with Crippen LogP contribution in [0.2, 0.25) is 0 Å². The monoisotopic (exact) mass is 379 g/mol. The van der Waals surface area contributed by atoms with E-state index in [1.54, 1.807) is 0 Å². The average molecular weight is 379 g/mol. The third-order valence-electron chi connectivity index (χ3n) is 5.01. The van der Waals surface area contributed by atoms with Crippen LogP contribution in [0.25, 0.3) is 6.08 Å². The fourth-order valence-electron chi connectivity index (χ4n) is 3.38. The number of hydrogen-bond acceptors (Lipinski definition) is 4. The van der Waals surface area contributed by atoms with E-state index in [4.69, 9.17) is 9.47 Å². The van der Waals surface area contributed by atoms with Gasteiger partial charge in [0, 0.05) is 39.3 Å². The summed E-state index contributed by atoms with van der Waals surface area (Å²) in [7, 11) is 0. The van der Waals surface area contributed by atoms with Gasteiger partial charge in [-0.1, -0.05) is 48.6 Å². The molecule has 2 aliphatic heterocycles. The second kappa shape index (κ2) is 8.80. The quantitative estimate of drug-likeness (QED) is 0.868. The molecule has 2 aromatic rings. The number of carbonyl (C=O) groups is 1. The Morgan fingerprint density at radius 1 is 1.00 bits per heavy atom. The highest BCUT2D eigenvalue weighted by molar-refractivity contribution is 5.74. The maximum absolute atomic E-state index is 12.4. The number of rotatable bonds is 5. The zero-order valence-corrected chi connectivity index (χ0v) is 15.8. The summed E-state index contributed by atoms with van der Waals surface area (Å²) < 4.78 is 10.7. The van der Waals surface area contributed by atoms with Crippen LogP contribution in [0.15, 0.2) is 54.6 Å². The van der Waals surface area contributed by atoms with Gasteiger partial charge in [0.25, 0.3) is 0 Å². The lowest BCUT2D eigenvalue weighted by atomic mass is 10.2.